The number of thiophene rings is 1. The molecular formula is C14H19NO4S. The van der Waals surface area contributed by atoms with Crippen LogP contribution in [0.4, 0.5) is 0 Å². The van der Waals surface area contributed by atoms with Gasteiger partial charge in [0.1, 0.15) is 4.88 Å². The van der Waals surface area contributed by atoms with Crippen LogP contribution >= 0.6 is 11.3 Å². The maximum absolute atomic E-state index is 11.8. The molecule has 5 nitrogen and oxygen atoms in total. The van der Waals surface area contributed by atoms with Gasteiger partial charge in [0.05, 0.1) is 11.0 Å². The topological polar surface area (TPSA) is 75.6 Å². The van der Waals surface area contributed by atoms with Gasteiger partial charge in [-0.15, -0.1) is 11.3 Å². The van der Waals surface area contributed by atoms with E-state index in [9.17, 15) is 9.59 Å². The van der Waals surface area contributed by atoms with Gasteiger partial charge in [0.25, 0.3) is 5.91 Å². The zero-order valence-corrected chi connectivity index (χ0v) is 12.1. The predicted molar refractivity (Wildman–Crippen MR) is 76.4 cm³/mol. The minimum absolute atomic E-state index is 0.186. The van der Waals surface area contributed by atoms with Crippen molar-refractivity contribution < 1.29 is 19.4 Å². The number of ether oxygens (including phenoxy) is 1. The number of hydrogen-bond acceptors (Lipinski definition) is 4. The molecule has 1 aromatic rings. The van der Waals surface area contributed by atoms with Crippen LogP contribution in [0.5, 0.6) is 0 Å². The van der Waals surface area contributed by atoms with Crippen LogP contribution in [0.2, 0.25) is 0 Å². The lowest BCUT2D eigenvalue weighted by Crippen LogP contribution is -2.25. The summed E-state index contributed by atoms with van der Waals surface area (Å²) < 4.78 is 5.62. The van der Waals surface area contributed by atoms with Gasteiger partial charge in [0.15, 0.2) is 0 Å². The average Bonchev–Trinajstić information content (AvgIpc) is 2.94. The van der Waals surface area contributed by atoms with E-state index >= 15 is 0 Å². The average molecular weight is 297 g/mol. The zero-order chi connectivity index (χ0) is 14.4. The smallest absolute Gasteiger partial charge is 0.345 e. The maximum Gasteiger partial charge on any atom is 0.345 e. The quantitative estimate of drug-likeness (QED) is 0.791. The molecule has 1 saturated heterocycles. The molecule has 110 valence electrons. The van der Waals surface area contributed by atoms with E-state index in [2.05, 4.69) is 5.32 Å². The number of nitrogens with one attached hydrogen (secondary N) is 1. The molecule has 1 amide bonds. The number of carboxylic acid groups (broad SMARTS) is 1. The highest BCUT2D eigenvalue weighted by molar-refractivity contribution is 7.15. The fourth-order valence-electron chi connectivity index (χ4n) is 2.23. The van der Waals surface area contributed by atoms with Crippen LogP contribution in [0.3, 0.4) is 0 Å². The molecule has 0 bridgehead atoms. The van der Waals surface area contributed by atoms with Crippen molar-refractivity contribution in [1.82, 2.24) is 5.32 Å². The molecule has 1 fully saturated rings. The second-order valence-electron chi connectivity index (χ2n) is 4.86. The van der Waals surface area contributed by atoms with Crippen LogP contribution in [-0.2, 0) is 4.74 Å². The molecule has 20 heavy (non-hydrogen) atoms. The summed E-state index contributed by atoms with van der Waals surface area (Å²) in [6, 6.07) is 3.01. The Hall–Kier alpha value is -1.40. The Morgan fingerprint density at radius 1 is 1.35 bits per heavy atom. The first-order valence-electron chi connectivity index (χ1n) is 6.90. The third-order valence-corrected chi connectivity index (χ3v) is 4.38. The molecule has 2 rings (SSSR count). The number of rotatable bonds is 6. The van der Waals surface area contributed by atoms with Crippen molar-refractivity contribution in [1.29, 1.82) is 0 Å². The molecule has 0 aliphatic carbocycles. The van der Waals surface area contributed by atoms with Crippen molar-refractivity contribution >= 4 is 23.2 Å². The lowest BCUT2D eigenvalue weighted by molar-refractivity contribution is 0.0102. The minimum Gasteiger partial charge on any atom is -0.477 e. The van der Waals surface area contributed by atoms with Gasteiger partial charge < -0.3 is 15.2 Å². The molecule has 0 aromatic carbocycles. The SMILES string of the molecule is O=C(O)c1ccc(C(=O)NCCCC2CCCCO2)s1. The third-order valence-electron chi connectivity index (χ3n) is 3.30. The first-order valence-corrected chi connectivity index (χ1v) is 7.71. The van der Waals surface area contributed by atoms with Gasteiger partial charge in [-0.25, -0.2) is 4.79 Å². The first-order chi connectivity index (χ1) is 9.66. The summed E-state index contributed by atoms with van der Waals surface area (Å²) in [4.78, 5) is 23.2. The molecule has 1 aliphatic rings. The summed E-state index contributed by atoms with van der Waals surface area (Å²) in [7, 11) is 0. The van der Waals surface area contributed by atoms with Crippen LogP contribution < -0.4 is 5.32 Å². The minimum atomic E-state index is -0.997. The van der Waals surface area contributed by atoms with E-state index in [4.69, 9.17) is 9.84 Å². The molecule has 6 heteroatoms. The second kappa shape index (κ2) is 7.40. The highest BCUT2D eigenvalue weighted by Crippen LogP contribution is 2.17. The monoisotopic (exact) mass is 297 g/mol. The Morgan fingerprint density at radius 2 is 2.15 bits per heavy atom. The number of carbonyl (C=O) groups is 2. The van der Waals surface area contributed by atoms with Crippen LogP contribution in [0.1, 0.15) is 51.4 Å². The molecule has 2 heterocycles. The molecule has 1 aliphatic heterocycles. The third kappa shape index (κ3) is 4.31. The summed E-state index contributed by atoms with van der Waals surface area (Å²) >= 11 is 0.999. The first kappa shape index (κ1) is 15.0. The zero-order valence-electron chi connectivity index (χ0n) is 11.3. The van der Waals surface area contributed by atoms with Gasteiger partial charge in [-0.05, 0) is 44.2 Å². The van der Waals surface area contributed by atoms with E-state index in [1.54, 1.807) is 6.07 Å². The molecule has 0 saturated carbocycles. The highest BCUT2D eigenvalue weighted by atomic mass is 32.1. The number of carbonyl (C=O) groups excluding carboxylic acids is 1. The Bertz CT molecular complexity index is 465. The molecule has 0 spiro atoms. The second-order valence-corrected chi connectivity index (χ2v) is 5.94. The van der Waals surface area contributed by atoms with Gasteiger partial charge >= 0.3 is 5.97 Å². The Labute approximate surface area is 121 Å². The lowest BCUT2D eigenvalue weighted by Gasteiger charge is -2.22. The largest absolute Gasteiger partial charge is 0.477 e. The van der Waals surface area contributed by atoms with Crippen molar-refractivity contribution in [3.63, 3.8) is 0 Å². The van der Waals surface area contributed by atoms with Gasteiger partial charge in [-0.1, -0.05) is 0 Å². The van der Waals surface area contributed by atoms with Crippen LogP contribution in [0.15, 0.2) is 12.1 Å². The molecule has 1 atom stereocenters. The van der Waals surface area contributed by atoms with Crippen LogP contribution in [0, 0.1) is 0 Å². The van der Waals surface area contributed by atoms with Crippen molar-refractivity contribution in [3.8, 4) is 0 Å². The van der Waals surface area contributed by atoms with Gasteiger partial charge in [0, 0.05) is 13.2 Å². The standard InChI is InChI=1S/C14H19NO4S/c16-13(11-6-7-12(20-11)14(17)18)15-8-3-5-10-4-1-2-9-19-10/h6-7,10H,1-5,8-9H2,(H,15,16)(H,17,18). The van der Waals surface area contributed by atoms with Crippen LogP contribution in [-0.4, -0.2) is 36.2 Å². The highest BCUT2D eigenvalue weighted by Gasteiger charge is 2.14. The molecule has 1 unspecified atom stereocenters. The van der Waals surface area contributed by atoms with E-state index in [0.717, 1.165) is 43.6 Å². The number of hydrogen-bond donors (Lipinski definition) is 2. The summed E-state index contributed by atoms with van der Waals surface area (Å²) in [6.07, 6.45) is 5.67. The van der Waals surface area contributed by atoms with Crippen molar-refractivity contribution in [3.05, 3.63) is 21.9 Å². The maximum atomic E-state index is 11.8. The van der Waals surface area contributed by atoms with Gasteiger partial charge in [-0.2, -0.15) is 0 Å². The van der Waals surface area contributed by atoms with Crippen molar-refractivity contribution in [2.75, 3.05) is 13.2 Å². The molecule has 2 N–H and O–H groups in total. The van der Waals surface area contributed by atoms with E-state index in [-0.39, 0.29) is 10.8 Å². The van der Waals surface area contributed by atoms with Gasteiger partial charge in [0.2, 0.25) is 0 Å². The summed E-state index contributed by atoms with van der Waals surface area (Å²) in [6.45, 7) is 1.45. The number of aromatic carboxylic acids is 1. The fraction of sp³-hybridized carbons (Fsp3) is 0.571. The predicted octanol–water partition coefficient (Wildman–Crippen LogP) is 2.53. The van der Waals surface area contributed by atoms with Crippen molar-refractivity contribution in [2.24, 2.45) is 0 Å². The summed E-state index contributed by atoms with van der Waals surface area (Å²) in [5, 5.41) is 11.6. The lowest BCUT2D eigenvalue weighted by atomic mass is 10.0. The van der Waals surface area contributed by atoms with E-state index in [1.165, 1.54) is 12.5 Å². The number of carboxylic acids is 1. The Kier molecular flexibility index (Phi) is 5.55. The molecule has 0 radical (unpaired) electrons. The van der Waals surface area contributed by atoms with Crippen LogP contribution in [0.25, 0.3) is 0 Å². The van der Waals surface area contributed by atoms with E-state index in [0.29, 0.717) is 17.5 Å². The molecular weight excluding hydrogens is 278 g/mol. The Balaban J connectivity index is 1.67. The van der Waals surface area contributed by atoms with E-state index < -0.39 is 5.97 Å². The van der Waals surface area contributed by atoms with E-state index in [1.807, 2.05) is 0 Å². The fourth-order valence-corrected chi connectivity index (χ4v) is 2.99. The number of amides is 1. The molecule has 1 aromatic heterocycles. The summed E-state index contributed by atoms with van der Waals surface area (Å²) in [5.41, 5.74) is 0. The van der Waals surface area contributed by atoms with Gasteiger partial charge in [-0.3, -0.25) is 4.79 Å². The van der Waals surface area contributed by atoms with Crippen molar-refractivity contribution in [2.45, 2.75) is 38.2 Å². The summed E-state index contributed by atoms with van der Waals surface area (Å²) in [5.74, 6) is -1.20. The normalized spacial score (nSPS) is 18.7. The Morgan fingerprint density at radius 3 is 2.80 bits per heavy atom.